The molecule has 2 rings (SSSR count). The van der Waals surface area contributed by atoms with E-state index in [-0.39, 0.29) is 5.91 Å². The first-order chi connectivity index (χ1) is 8.68. The predicted molar refractivity (Wildman–Crippen MR) is 69.1 cm³/mol. The normalized spacial score (nSPS) is 12.1. The standard InChI is InChI=1S/C13H16N4O/c1-10(14)13(18)15-9-11-5-2-3-6-12(11)17-8-4-7-16-17/h2-8,10H,9,14H2,1H3,(H,15,18). The third kappa shape index (κ3) is 2.75. The van der Waals surface area contributed by atoms with Crippen LogP contribution in [0, 0.1) is 0 Å². The summed E-state index contributed by atoms with van der Waals surface area (Å²) in [7, 11) is 0. The average molecular weight is 244 g/mol. The molecule has 3 N–H and O–H groups in total. The van der Waals surface area contributed by atoms with Crippen molar-refractivity contribution in [3.63, 3.8) is 0 Å². The van der Waals surface area contributed by atoms with Crippen molar-refractivity contribution in [2.24, 2.45) is 5.73 Å². The molecule has 1 atom stereocenters. The lowest BCUT2D eigenvalue weighted by Crippen LogP contribution is -2.37. The molecule has 2 aromatic rings. The van der Waals surface area contributed by atoms with Crippen molar-refractivity contribution in [1.82, 2.24) is 15.1 Å². The van der Waals surface area contributed by atoms with Crippen LogP contribution in [0.15, 0.2) is 42.7 Å². The molecule has 1 aromatic heterocycles. The van der Waals surface area contributed by atoms with Crippen LogP contribution in [0.25, 0.3) is 5.69 Å². The van der Waals surface area contributed by atoms with Crippen LogP contribution in [0.2, 0.25) is 0 Å². The summed E-state index contributed by atoms with van der Waals surface area (Å²) in [4.78, 5) is 11.5. The molecular weight excluding hydrogens is 228 g/mol. The fourth-order valence-corrected chi connectivity index (χ4v) is 1.64. The van der Waals surface area contributed by atoms with E-state index < -0.39 is 6.04 Å². The Morgan fingerprint density at radius 2 is 2.22 bits per heavy atom. The van der Waals surface area contributed by atoms with Crippen LogP contribution in [0.5, 0.6) is 0 Å². The first-order valence-corrected chi connectivity index (χ1v) is 5.79. The summed E-state index contributed by atoms with van der Waals surface area (Å²) in [5.74, 6) is -0.162. The largest absolute Gasteiger partial charge is 0.351 e. The van der Waals surface area contributed by atoms with Crippen molar-refractivity contribution in [1.29, 1.82) is 0 Å². The molecule has 0 radical (unpaired) electrons. The molecule has 1 aromatic carbocycles. The fraction of sp³-hybridized carbons (Fsp3) is 0.231. The monoisotopic (exact) mass is 244 g/mol. The molecule has 0 aliphatic carbocycles. The number of nitrogens with two attached hydrogens (primary N) is 1. The highest BCUT2D eigenvalue weighted by Gasteiger charge is 2.09. The second-order valence-corrected chi connectivity index (χ2v) is 4.09. The number of nitrogens with one attached hydrogen (secondary N) is 1. The molecule has 1 heterocycles. The first-order valence-electron chi connectivity index (χ1n) is 5.79. The summed E-state index contributed by atoms with van der Waals surface area (Å²) in [5.41, 5.74) is 7.45. The van der Waals surface area contributed by atoms with Crippen molar-refractivity contribution < 1.29 is 4.79 Å². The van der Waals surface area contributed by atoms with Crippen LogP contribution >= 0.6 is 0 Å². The van der Waals surface area contributed by atoms with Gasteiger partial charge in [0.25, 0.3) is 0 Å². The van der Waals surface area contributed by atoms with Crippen LogP contribution < -0.4 is 11.1 Å². The zero-order valence-electron chi connectivity index (χ0n) is 10.2. The third-order valence-corrected chi connectivity index (χ3v) is 2.61. The molecular formula is C13H16N4O. The summed E-state index contributed by atoms with van der Waals surface area (Å²) in [5, 5.41) is 6.98. The Morgan fingerprint density at radius 1 is 1.44 bits per heavy atom. The van der Waals surface area contributed by atoms with E-state index >= 15 is 0 Å². The molecule has 18 heavy (non-hydrogen) atoms. The number of nitrogens with zero attached hydrogens (tertiary/aromatic N) is 2. The zero-order valence-corrected chi connectivity index (χ0v) is 10.2. The Labute approximate surface area is 106 Å². The number of amides is 1. The molecule has 94 valence electrons. The van der Waals surface area contributed by atoms with Gasteiger partial charge in [-0.2, -0.15) is 5.10 Å². The van der Waals surface area contributed by atoms with Gasteiger partial charge in [-0.3, -0.25) is 4.79 Å². The second kappa shape index (κ2) is 5.46. The van der Waals surface area contributed by atoms with E-state index in [0.717, 1.165) is 11.3 Å². The number of rotatable bonds is 4. The number of hydrogen-bond acceptors (Lipinski definition) is 3. The molecule has 5 heteroatoms. The van der Waals surface area contributed by atoms with Gasteiger partial charge < -0.3 is 11.1 Å². The molecule has 0 saturated carbocycles. The molecule has 0 bridgehead atoms. The number of carbonyl (C=O) groups excluding carboxylic acids is 1. The first kappa shape index (κ1) is 12.3. The lowest BCUT2D eigenvalue weighted by atomic mass is 10.1. The molecule has 0 aliphatic heterocycles. The van der Waals surface area contributed by atoms with E-state index in [1.165, 1.54) is 0 Å². The van der Waals surface area contributed by atoms with Gasteiger partial charge in [0, 0.05) is 18.9 Å². The Kier molecular flexibility index (Phi) is 3.74. The van der Waals surface area contributed by atoms with Crippen molar-refractivity contribution in [3.8, 4) is 5.69 Å². The van der Waals surface area contributed by atoms with Gasteiger partial charge in [0.05, 0.1) is 11.7 Å². The topological polar surface area (TPSA) is 72.9 Å². The summed E-state index contributed by atoms with van der Waals surface area (Å²) in [6.07, 6.45) is 3.59. The number of hydrogen-bond donors (Lipinski definition) is 2. The van der Waals surface area contributed by atoms with E-state index in [4.69, 9.17) is 5.73 Å². The van der Waals surface area contributed by atoms with Crippen LogP contribution in [-0.2, 0) is 11.3 Å². The smallest absolute Gasteiger partial charge is 0.236 e. The lowest BCUT2D eigenvalue weighted by molar-refractivity contribution is -0.122. The number of aromatic nitrogens is 2. The van der Waals surface area contributed by atoms with Gasteiger partial charge in [0.1, 0.15) is 0 Å². The third-order valence-electron chi connectivity index (χ3n) is 2.61. The predicted octanol–water partition coefficient (Wildman–Crippen LogP) is 0.836. The minimum Gasteiger partial charge on any atom is -0.351 e. The molecule has 0 spiro atoms. The van der Waals surface area contributed by atoms with E-state index in [1.54, 1.807) is 17.8 Å². The molecule has 5 nitrogen and oxygen atoms in total. The number of benzene rings is 1. The molecule has 0 saturated heterocycles. The van der Waals surface area contributed by atoms with E-state index in [0.29, 0.717) is 6.54 Å². The van der Waals surface area contributed by atoms with Gasteiger partial charge in [-0.1, -0.05) is 18.2 Å². The summed E-state index contributed by atoms with van der Waals surface area (Å²) >= 11 is 0. The van der Waals surface area contributed by atoms with E-state index in [2.05, 4.69) is 10.4 Å². The average Bonchev–Trinajstić information content (AvgIpc) is 2.89. The van der Waals surface area contributed by atoms with Gasteiger partial charge in [0.2, 0.25) is 5.91 Å². The van der Waals surface area contributed by atoms with E-state index in [9.17, 15) is 4.79 Å². The highest BCUT2D eigenvalue weighted by molar-refractivity contribution is 5.81. The van der Waals surface area contributed by atoms with Crippen LogP contribution in [0.3, 0.4) is 0 Å². The maximum atomic E-state index is 11.5. The highest BCUT2D eigenvalue weighted by atomic mass is 16.2. The number of para-hydroxylation sites is 1. The lowest BCUT2D eigenvalue weighted by Gasteiger charge is -2.11. The summed E-state index contributed by atoms with van der Waals surface area (Å²) in [6.45, 7) is 2.10. The van der Waals surface area contributed by atoms with Gasteiger partial charge in [-0.15, -0.1) is 0 Å². The van der Waals surface area contributed by atoms with Gasteiger partial charge in [0.15, 0.2) is 0 Å². The second-order valence-electron chi connectivity index (χ2n) is 4.09. The molecule has 0 aliphatic rings. The van der Waals surface area contributed by atoms with Crippen molar-refractivity contribution >= 4 is 5.91 Å². The maximum absolute atomic E-state index is 11.5. The quantitative estimate of drug-likeness (QED) is 0.837. The van der Waals surface area contributed by atoms with Crippen LogP contribution in [0.1, 0.15) is 12.5 Å². The van der Waals surface area contributed by atoms with Crippen LogP contribution in [0.4, 0.5) is 0 Å². The molecule has 1 unspecified atom stereocenters. The molecule has 0 fully saturated rings. The van der Waals surface area contributed by atoms with Crippen molar-refractivity contribution in [2.75, 3.05) is 0 Å². The van der Waals surface area contributed by atoms with Crippen molar-refractivity contribution in [2.45, 2.75) is 19.5 Å². The number of carbonyl (C=O) groups is 1. The van der Waals surface area contributed by atoms with E-state index in [1.807, 2.05) is 36.5 Å². The summed E-state index contributed by atoms with van der Waals surface area (Å²) < 4.78 is 1.77. The Bertz CT molecular complexity index is 520. The Balaban J connectivity index is 2.16. The molecule has 1 amide bonds. The Hall–Kier alpha value is -2.14. The van der Waals surface area contributed by atoms with Crippen LogP contribution in [-0.4, -0.2) is 21.7 Å². The van der Waals surface area contributed by atoms with Crippen molar-refractivity contribution in [3.05, 3.63) is 48.3 Å². The van der Waals surface area contributed by atoms with Gasteiger partial charge in [-0.25, -0.2) is 4.68 Å². The summed E-state index contributed by atoms with van der Waals surface area (Å²) in [6, 6.07) is 9.14. The highest BCUT2D eigenvalue weighted by Crippen LogP contribution is 2.12. The van der Waals surface area contributed by atoms with Gasteiger partial charge >= 0.3 is 0 Å². The Morgan fingerprint density at radius 3 is 2.89 bits per heavy atom. The SMILES string of the molecule is CC(N)C(=O)NCc1ccccc1-n1cccn1. The fourth-order valence-electron chi connectivity index (χ4n) is 1.64. The zero-order chi connectivity index (χ0) is 13.0. The maximum Gasteiger partial charge on any atom is 0.236 e. The van der Waals surface area contributed by atoms with Gasteiger partial charge in [-0.05, 0) is 24.6 Å². The minimum atomic E-state index is -0.498. The minimum absolute atomic E-state index is 0.162.